The molecule has 19 heavy (non-hydrogen) atoms. The van der Waals surface area contributed by atoms with Gasteiger partial charge in [0.25, 0.3) is 0 Å². The number of rotatable bonds is 5. The van der Waals surface area contributed by atoms with Gasteiger partial charge in [-0.1, -0.05) is 6.92 Å². The highest BCUT2D eigenvalue weighted by Crippen LogP contribution is 2.39. The maximum atomic E-state index is 11.7. The van der Waals surface area contributed by atoms with E-state index < -0.39 is 10.0 Å². The van der Waals surface area contributed by atoms with Crippen LogP contribution in [0.25, 0.3) is 0 Å². The number of nitrogens with two attached hydrogens (primary N) is 1. The molecule has 0 saturated heterocycles. The first kappa shape index (κ1) is 14.1. The molecule has 6 heteroatoms. The molecule has 2 unspecified atom stereocenters. The second kappa shape index (κ2) is 5.02. The second-order valence-corrected chi connectivity index (χ2v) is 7.14. The van der Waals surface area contributed by atoms with Crippen molar-refractivity contribution in [1.82, 2.24) is 4.72 Å². The van der Waals surface area contributed by atoms with E-state index >= 15 is 0 Å². The van der Waals surface area contributed by atoms with Gasteiger partial charge in [0.15, 0.2) is 0 Å². The fraction of sp³-hybridized carbons (Fsp3) is 0.538. The summed E-state index contributed by atoms with van der Waals surface area (Å²) in [6, 6.07) is 5.08. The van der Waals surface area contributed by atoms with Crippen LogP contribution in [-0.4, -0.2) is 29.1 Å². The van der Waals surface area contributed by atoms with E-state index in [1.807, 2.05) is 7.05 Å². The molecular formula is C13H21N3O2S. The number of anilines is 2. The number of nitrogens with zero attached hydrogens (tertiary/aromatic N) is 1. The molecule has 2 rings (SSSR count). The average Bonchev–Trinajstić information content (AvgIpc) is 3.04. The first-order chi connectivity index (χ1) is 8.85. The van der Waals surface area contributed by atoms with Crippen LogP contribution in [0.3, 0.4) is 0 Å². The van der Waals surface area contributed by atoms with Gasteiger partial charge < -0.3 is 10.6 Å². The fourth-order valence-electron chi connectivity index (χ4n) is 2.24. The Morgan fingerprint density at radius 1 is 1.47 bits per heavy atom. The van der Waals surface area contributed by atoms with Crippen molar-refractivity contribution >= 4 is 21.4 Å². The summed E-state index contributed by atoms with van der Waals surface area (Å²) in [4.78, 5) is 2.26. The molecule has 3 N–H and O–H groups in total. The second-order valence-electron chi connectivity index (χ2n) is 5.28. The number of hydrogen-bond donors (Lipinski definition) is 2. The predicted molar refractivity (Wildman–Crippen MR) is 77.6 cm³/mol. The Kier molecular flexibility index (Phi) is 3.73. The van der Waals surface area contributed by atoms with Crippen LogP contribution in [0.4, 0.5) is 11.4 Å². The van der Waals surface area contributed by atoms with Gasteiger partial charge in [0.1, 0.15) is 4.90 Å². The zero-order valence-corrected chi connectivity index (χ0v) is 12.4. The largest absolute Gasteiger partial charge is 0.398 e. The maximum Gasteiger partial charge on any atom is 0.242 e. The molecule has 0 amide bonds. The average molecular weight is 283 g/mol. The third-order valence-electron chi connectivity index (χ3n) is 3.78. The van der Waals surface area contributed by atoms with E-state index in [4.69, 9.17) is 5.73 Å². The third kappa shape index (κ3) is 3.01. The van der Waals surface area contributed by atoms with Crippen LogP contribution < -0.4 is 15.4 Å². The van der Waals surface area contributed by atoms with Crippen LogP contribution in [0.5, 0.6) is 0 Å². The number of sulfonamides is 1. The highest BCUT2D eigenvalue weighted by Gasteiger charge is 2.33. The molecule has 0 aromatic heterocycles. The van der Waals surface area contributed by atoms with Crippen molar-refractivity contribution in [2.24, 2.45) is 11.8 Å². The summed E-state index contributed by atoms with van der Waals surface area (Å²) in [5, 5.41) is 0. The van der Waals surface area contributed by atoms with E-state index in [1.54, 1.807) is 18.2 Å². The van der Waals surface area contributed by atoms with E-state index in [0.29, 0.717) is 0 Å². The zero-order chi connectivity index (χ0) is 14.2. The molecule has 1 aliphatic rings. The zero-order valence-electron chi connectivity index (χ0n) is 11.6. The van der Waals surface area contributed by atoms with Crippen molar-refractivity contribution in [2.45, 2.75) is 18.2 Å². The Morgan fingerprint density at radius 3 is 2.58 bits per heavy atom. The smallest absolute Gasteiger partial charge is 0.242 e. The first-order valence-corrected chi connectivity index (χ1v) is 7.87. The molecule has 0 radical (unpaired) electrons. The summed E-state index contributed by atoms with van der Waals surface area (Å²) in [6.45, 7) is 3.23. The standard InChI is InChI=1S/C13H21N3O2S/c1-9-6-10(9)8-16(3)11-4-5-13(12(14)7-11)19(17,18)15-2/h4-5,7,9-10,15H,6,8,14H2,1-3H3. The van der Waals surface area contributed by atoms with Gasteiger partial charge in [-0.15, -0.1) is 0 Å². The molecule has 5 nitrogen and oxygen atoms in total. The molecule has 106 valence electrons. The van der Waals surface area contributed by atoms with E-state index in [0.717, 1.165) is 24.1 Å². The molecule has 0 heterocycles. The van der Waals surface area contributed by atoms with Crippen molar-refractivity contribution < 1.29 is 8.42 Å². The summed E-state index contributed by atoms with van der Waals surface area (Å²) in [6.07, 6.45) is 1.27. The molecular weight excluding hydrogens is 262 g/mol. The normalized spacial score (nSPS) is 22.3. The summed E-state index contributed by atoms with van der Waals surface area (Å²) in [5.41, 5.74) is 7.08. The molecule has 0 spiro atoms. The van der Waals surface area contributed by atoms with Gasteiger partial charge in [0, 0.05) is 19.3 Å². The Bertz CT molecular complexity index is 571. The lowest BCUT2D eigenvalue weighted by Crippen LogP contribution is -2.22. The topological polar surface area (TPSA) is 75.4 Å². The van der Waals surface area contributed by atoms with Crippen LogP contribution >= 0.6 is 0 Å². The lowest BCUT2D eigenvalue weighted by atomic mass is 10.2. The molecule has 0 aliphatic heterocycles. The van der Waals surface area contributed by atoms with Crippen LogP contribution in [-0.2, 0) is 10.0 Å². The predicted octanol–water partition coefficient (Wildman–Crippen LogP) is 1.27. The summed E-state index contributed by atoms with van der Waals surface area (Å²) in [7, 11) is -0.100. The van der Waals surface area contributed by atoms with Gasteiger partial charge in [0.05, 0.1) is 5.69 Å². The first-order valence-electron chi connectivity index (χ1n) is 6.39. The van der Waals surface area contributed by atoms with Crippen molar-refractivity contribution in [3.05, 3.63) is 18.2 Å². The van der Waals surface area contributed by atoms with Crippen molar-refractivity contribution in [1.29, 1.82) is 0 Å². The molecule has 2 atom stereocenters. The summed E-state index contributed by atoms with van der Waals surface area (Å²) >= 11 is 0. The van der Waals surface area contributed by atoms with Crippen LogP contribution in [0, 0.1) is 11.8 Å². The van der Waals surface area contributed by atoms with Gasteiger partial charge in [-0.3, -0.25) is 0 Å². The van der Waals surface area contributed by atoms with Gasteiger partial charge in [0.2, 0.25) is 10.0 Å². The molecule has 1 aromatic rings. The number of benzene rings is 1. The van der Waals surface area contributed by atoms with Crippen molar-refractivity contribution in [3.8, 4) is 0 Å². The highest BCUT2D eigenvalue weighted by molar-refractivity contribution is 7.89. The van der Waals surface area contributed by atoms with E-state index in [9.17, 15) is 8.42 Å². The molecule has 1 aliphatic carbocycles. The minimum atomic E-state index is -3.48. The fourth-order valence-corrected chi connectivity index (χ4v) is 3.07. The van der Waals surface area contributed by atoms with Crippen LogP contribution in [0.1, 0.15) is 13.3 Å². The Labute approximate surface area is 114 Å². The highest BCUT2D eigenvalue weighted by atomic mass is 32.2. The summed E-state index contributed by atoms with van der Waals surface area (Å²) in [5.74, 6) is 1.54. The Hall–Kier alpha value is -1.27. The minimum absolute atomic E-state index is 0.131. The lowest BCUT2D eigenvalue weighted by molar-refractivity contribution is 0.588. The molecule has 0 bridgehead atoms. The van der Waals surface area contributed by atoms with E-state index in [2.05, 4.69) is 16.5 Å². The van der Waals surface area contributed by atoms with Crippen molar-refractivity contribution in [3.63, 3.8) is 0 Å². The van der Waals surface area contributed by atoms with Gasteiger partial charge in [-0.05, 0) is 43.5 Å². The lowest BCUT2D eigenvalue weighted by Gasteiger charge is -2.20. The SMILES string of the molecule is CNS(=O)(=O)c1ccc(N(C)CC2CC2C)cc1N. The molecule has 1 fully saturated rings. The number of nitrogens with one attached hydrogen (secondary N) is 1. The maximum absolute atomic E-state index is 11.7. The van der Waals surface area contributed by atoms with Gasteiger partial charge >= 0.3 is 0 Å². The van der Waals surface area contributed by atoms with E-state index in [1.165, 1.54) is 13.5 Å². The minimum Gasteiger partial charge on any atom is -0.398 e. The van der Waals surface area contributed by atoms with Crippen molar-refractivity contribution in [2.75, 3.05) is 31.3 Å². The Morgan fingerprint density at radius 2 is 2.11 bits per heavy atom. The summed E-state index contributed by atoms with van der Waals surface area (Å²) < 4.78 is 25.7. The number of hydrogen-bond acceptors (Lipinski definition) is 4. The molecule has 1 saturated carbocycles. The molecule has 1 aromatic carbocycles. The van der Waals surface area contributed by atoms with E-state index in [-0.39, 0.29) is 10.6 Å². The monoisotopic (exact) mass is 283 g/mol. The third-order valence-corrected chi connectivity index (χ3v) is 5.27. The number of nitrogen functional groups attached to an aromatic ring is 1. The Balaban J connectivity index is 2.19. The quantitative estimate of drug-likeness (QED) is 0.798. The van der Waals surface area contributed by atoms with Crippen LogP contribution in [0.15, 0.2) is 23.1 Å². The van der Waals surface area contributed by atoms with Gasteiger partial charge in [-0.2, -0.15) is 0 Å². The van der Waals surface area contributed by atoms with Crippen LogP contribution in [0.2, 0.25) is 0 Å². The van der Waals surface area contributed by atoms with Gasteiger partial charge in [-0.25, -0.2) is 13.1 Å².